The van der Waals surface area contributed by atoms with Crippen LogP contribution >= 0.6 is 0 Å². The molecular weight excluding hydrogens is 364 g/mol. The van der Waals surface area contributed by atoms with Crippen molar-refractivity contribution in [3.63, 3.8) is 0 Å². The van der Waals surface area contributed by atoms with E-state index in [0.29, 0.717) is 5.69 Å². The van der Waals surface area contributed by atoms with E-state index in [1.807, 2.05) is 36.5 Å². The van der Waals surface area contributed by atoms with Crippen molar-refractivity contribution in [2.45, 2.75) is 13.0 Å². The van der Waals surface area contributed by atoms with E-state index in [1.54, 1.807) is 18.3 Å². The number of aromatic nitrogens is 2. The van der Waals surface area contributed by atoms with Crippen LogP contribution in [0.5, 0.6) is 0 Å². The maximum Gasteiger partial charge on any atom is 0.224 e. The number of hydrogen-bond acceptors (Lipinski definition) is 4. The van der Waals surface area contributed by atoms with Crippen LogP contribution in [-0.2, 0) is 27.8 Å². The van der Waals surface area contributed by atoms with Gasteiger partial charge in [0.25, 0.3) is 0 Å². The van der Waals surface area contributed by atoms with Gasteiger partial charge in [-0.25, -0.2) is 8.42 Å². The molecule has 7 nitrogen and oxygen atoms in total. The SMILES string of the molecule is CS(=O)(=O)N(CCNC(=O)Cc1c[nH]c2ccccc12)Cc1ccccn1. The summed E-state index contributed by atoms with van der Waals surface area (Å²) in [4.78, 5) is 19.5. The number of H-pyrrole nitrogens is 1. The van der Waals surface area contributed by atoms with Gasteiger partial charge in [0.2, 0.25) is 15.9 Å². The molecule has 0 aliphatic heterocycles. The lowest BCUT2D eigenvalue weighted by Gasteiger charge is -2.19. The predicted octanol–water partition coefficient (Wildman–Crippen LogP) is 1.68. The van der Waals surface area contributed by atoms with Crippen LogP contribution in [0, 0.1) is 0 Å². The Labute approximate surface area is 158 Å². The highest BCUT2D eigenvalue weighted by atomic mass is 32.2. The van der Waals surface area contributed by atoms with E-state index >= 15 is 0 Å². The van der Waals surface area contributed by atoms with Gasteiger partial charge in [0, 0.05) is 36.4 Å². The molecule has 0 saturated heterocycles. The molecule has 0 spiro atoms. The number of nitrogens with zero attached hydrogens (tertiary/aromatic N) is 2. The maximum atomic E-state index is 12.2. The lowest BCUT2D eigenvalue weighted by molar-refractivity contribution is -0.120. The minimum absolute atomic E-state index is 0.147. The number of fused-ring (bicyclic) bond motifs is 1. The number of hydrogen-bond donors (Lipinski definition) is 2. The first-order chi connectivity index (χ1) is 12.9. The summed E-state index contributed by atoms with van der Waals surface area (Å²) in [7, 11) is -3.40. The number of nitrogens with one attached hydrogen (secondary N) is 2. The Morgan fingerprint density at radius 1 is 1.19 bits per heavy atom. The Balaban J connectivity index is 1.55. The summed E-state index contributed by atoms with van der Waals surface area (Å²) < 4.78 is 25.3. The second-order valence-corrected chi connectivity index (χ2v) is 8.29. The molecule has 2 N–H and O–H groups in total. The quantitative estimate of drug-likeness (QED) is 0.616. The standard InChI is InChI=1S/C19H22N4O3S/c1-27(25,26)23(14-16-6-4-5-9-20-16)11-10-21-19(24)12-15-13-22-18-8-3-2-7-17(15)18/h2-9,13,22H,10-12,14H2,1H3,(H,21,24). The number of carbonyl (C=O) groups is 1. The molecule has 0 bridgehead atoms. The molecule has 3 rings (SSSR count). The maximum absolute atomic E-state index is 12.2. The zero-order chi connectivity index (χ0) is 19.3. The van der Waals surface area contributed by atoms with Crippen molar-refractivity contribution in [2.75, 3.05) is 19.3 Å². The van der Waals surface area contributed by atoms with Gasteiger partial charge in [0.15, 0.2) is 0 Å². The fourth-order valence-corrected chi connectivity index (χ4v) is 3.66. The molecule has 8 heteroatoms. The average Bonchev–Trinajstić information content (AvgIpc) is 3.04. The number of amides is 1. The number of aromatic amines is 1. The van der Waals surface area contributed by atoms with Crippen LogP contribution in [0.3, 0.4) is 0 Å². The minimum Gasteiger partial charge on any atom is -0.361 e. The minimum atomic E-state index is -3.40. The highest BCUT2D eigenvalue weighted by Gasteiger charge is 2.18. The summed E-state index contributed by atoms with van der Waals surface area (Å²) >= 11 is 0. The second kappa shape index (κ2) is 8.32. The van der Waals surface area contributed by atoms with Crippen LogP contribution in [0.2, 0.25) is 0 Å². The molecule has 2 aromatic heterocycles. The third-order valence-electron chi connectivity index (χ3n) is 4.24. The predicted molar refractivity (Wildman–Crippen MR) is 105 cm³/mol. The summed E-state index contributed by atoms with van der Waals surface area (Å²) in [5.74, 6) is -0.147. The molecule has 0 fully saturated rings. The number of carbonyl (C=O) groups excluding carboxylic acids is 1. The van der Waals surface area contributed by atoms with Crippen LogP contribution < -0.4 is 5.32 Å². The highest BCUT2D eigenvalue weighted by molar-refractivity contribution is 7.88. The molecule has 0 radical (unpaired) electrons. The first kappa shape index (κ1) is 19.1. The molecule has 142 valence electrons. The van der Waals surface area contributed by atoms with Crippen molar-refractivity contribution >= 4 is 26.8 Å². The zero-order valence-corrected chi connectivity index (χ0v) is 15.9. The first-order valence-corrected chi connectivity index (χ1v) is 10.4. The van der Waals surface area contributed by atoms with Gasteiger partial charge in [0.1, 0.15) is 0 Å². The molecule has 3 aromatic rings. The van der Waals surface area contributed by atoms with E-state index < -0.39 is 10.0 Å². The van der Waals surface area contributed by atoms with Crippen molar-refractivity contribution in [3.05, 3.63) is 66.1 Å². The van der Waals surface area contributed by atoms with Gasteiger partial charge in [-0.05, 0) is 23.8 Å². The topological polar surface area (TPSA) is 95.2 Å². The van der Waals surface area contributed by atoms with Crippen molar-refractivity contribution < 1.29 is 13.2 Å². The summed E-state index contributed by atoms with van der Waals surface area (Å²) in [6, 6.07) is 13.1. The van der Waals surface area contributed by atoms with Crippen molar-refractivity contribution in [2.24, 2.45) is 0 Å². The number of benzene rings is 1. The number of para-hydroxylation sites is 1. The van der Waals surface area contributed by atoms with Gasteiger partial charge in [-0.3, -0.25) is 9.78 Å². The van der Waals surface area contributed by atoms with E-state index in [4.69, 9.17) is 0 Å². The monoisotopic (exact) mass is 386 g/mol. The summed E-state index contributed by atoms with van der Waals surface area (Å²) in [6.45, 7) is 0.605. The molecule has 0 unspecified atom stereocenters. The fraction of sp³-hybridized carbons (Fsp3) is 0.263. The van der Waals surface area contributed by atoms with Gasteiger partial charge in [-0.2, -0.15) is 4.31 Å². The average molecular weight is 386 g/mol. The summed E-state index contributed by atoms with van der Waals surface area (Å²) in [5, 5.41) is 3.81. The smallest absolute Gasteiger partial charge is 0.224 e. The van der Waals surface area contributed by atoms with Gasteiger partial charge in [0.05, 0.1) is 24.9 Å². The number of rotatable bonds is 8. The van der Waals surface area contributed by atoms with Gasteiger partial charge < -0.3 is 10.3 Å². The number of sulfonamides is 1. The molecule has 0 aliphatic carbocycles. The van der Waals surface area contributed by atoms with Crippen molar-refractivity contribution in [3.8, 4) is 0 Å². The van der Waals surface area contributed by atoms with Crippen LogP contribution in [0.4, 0.5) is 0 Å². The molecule has 1 amide bonds. The summed E-state index contributed by atoms with van der Waals surface area (Å²) in [6.07, 6.45) is 4.85. The summed E-state index contributed by atoms with van der Waals surface area (Å²) in [5.41, 5.74) is 2.56. The van der Waals surface area contributed by atoms with Crippen molar-refractivity contribution in [1.82, 2.24) is 19.6 Å². The van der Waals surface area contributed by atoms with E-state index in [9.17, 15) is 13.2 Å². The fourth-order valence-electron chi connectivity index (χ4n) is 2.87. The molecule has 2 heterocycles. The normalized spacial score (nSPS) is 11.8. The largest absolute Gasteiger partial charge is 0.361 e. The lowest BCUT2D eigenvalue weighted by atomic mass is 10.1. The van der Waals surface area contributed by atoms with E-state index in [0.717, 1.165) is 22.7 Å². The van der Waals surface area contributed by atoms with Gasteiger partial charge in [-0.1, -0.05) is 24.3 Å². The third kappa shape index (κ3) is 5.15. The van der Waals surface area contributed by atoms with E-state index in [1.165, 1.54) is 4.31 Å². The van der Waals surface area contributed by atoms with Crippen molar-refractivity contribution in [1.29, 1.82) is 0 Å². The Bertz CT molecular complexity index is 1020. The Hall–Kier alpha value is -2.71. The molecule has 0 atom stereocenters. The Kier molecular flexibility index (Phi) is 5.88. The van der Waals surface area contributed by atoms with Gasteiger partial charge in [-0.15, -0.1) is 0 Å². The molecule has 27 heavy (non-hydrogen) atoms. The van der Waals surface area contributed by atoms with Gasteiger partial charge >= 0.3 is 0 Å². The highest BCUT2D eigenvalue weighted by Crippen LogP contribution is 2.17. The lowest BCUT2D eigenvalue weighted by Crippen LogP contribution is -2.38. The van der Waals surface area contributed by atoms with Crippen LogP contribution in [-0.4, -0.2) is 47.9 Å². The van der Waals surface area contributed by atoms with Crippen LogP contribution in [0.1, 0.15) is 11.3 Å². The van der Waals surface area contributed by atoms with E-state index in [2.05, 4.69) is 15.3 Å². The van der Waals surface area contributed by atoms with E-state index in [-0.39, 0.29) is 32.0 Å². The number of pyridine rings is 1. The first-order valence-electron chi connectivity index (χ1n) is 8.60. The second-order valence-electron chi connectivity index (χ2n) is 6.30. The molecule has 0 saturated carbocycles. The molecule has 0 aliphatic rings. The Morgan fingerprint density at radius 3 is 2.70 bits per heavy atom. The zero-order valence-electron chi connectivity index (χ0n) is 15.1. The molecular formula is C19H22N4O3S. The molecule has 1 aromatic carbocycles. The van der Waals surface area contributed by atoms with Crippen LogP contribution in [0.15, 0.2) is 54.9 Å². The third-order valence-corrected chi connectivity index (χ3v) is 5.49. The van der Waals surface area contributed by atoms with Crippen LogP contribution in [0.25, 0.3) is 10.9 Å². The Morgan fingerprint density at radius 2 is 1.96 bits per heavy atom.